The van der Waals surface area contributed by atoms with Crippen LogP contribution >= 0.6 is 15.9 Å². The van der Waals surface area contributed by atoms with E-state index in [2.05, 4.69) is 20.9 Å². The van der Waals surface area contributed by atoms with Crippen LogP contribution in [0.1, 0.15) is 0 Å². The van der Waals surface area contributed by atoms with E-state index in [0.717, 1.165) is 26.9 Å². The van der Waals surface area contributed by atoms with Gasteiger partial charge in [0.2, 0.25) is 0 Å². The molecule has 2 aromatic heterocycles. The number of halogens is 1. The molecule has 0 saturated heterocycles. The second-order valence-electron chi connectivity index (χ2n) is 4.66. The minimum Gasteiger partial charge on any atom is -0.451 e. The van der Waals surface area contributed by atoms with Crippen LogP contribution in [0, 0.1) is 0 Å². The Kier molecular flexibility index (Phi) is 2.89. The summed E-state index contributed by atoms with van der Waals surface area (Å²) in [5.41, 5.74) is 2.60. The van der Waals surface area contributed by atoms with Gasteiger partial charge in [-0.05, 0) is 36.4 Å². The summed E-state index contributed by atoms with van der Waals surface area (Å²) in [5.74, 6) is 1.92. The van der Waals surface area contributed by atoms with Gasteiger partial charge in [0.15, 0.2) is 11.3 Å². The number of hydrogen-bond acceptors (Lipinski definition) is 3. The maximum atomic E-state index is 5.85. The van der Waals surface area contributed by atoms with Gasteiger partial charge in [-0.2, -0.15) is 0 Å². The van der Waals surface area contributed by atoms with E-state index in [1.54, 1.807) is 0 Å². The van der Waals surface area contributed by atoms with E-state index in [0.29, 0.717) is 11.7 Å². The Morgan fingerprint density at radius 2 is 1.52 bits per heavy atom. The maximum Gasteiger partial charge on any atom is 0.263 e. The Balaban J connectivity index is 1.75. The molecule has 4 rings (SSSR count). The summed E-state index contributed by atoms with van der Waals surface area (Å²) in [5, 5.41) is 0. The molecule has 0 atom stereocenters. The highest BCUT2D eigenvalue weighted by atomic mass is 79.9. The first-order valence-electron chi connectivity index (χ1n) is 6.51. The molecular formula is C17H10BrNO2. The average Bonchev–Trinajstić information content (AvgIpc) is 3.14. The Morgan fingerprint density at radius 3 is 2.33 bits per heavy atom. The molecule has 0 fully saturated rings. The van der Waals surface area contributed by atoms with Crippen LogP contribution in [0.2, 0.25) is 0 Å². The van der Waals surface area contributed by atoms with Gasteiger partial charge in [0.05, 0.1) is 0 Å². The summed E-state index contributed by atoms with van der Waals surface area (Å²) in [4.78, 5) is 4.44. The number of aromatic nitrogens is 1. The van der Waals surface area contributed by atoms with Gasteiger partial charge in [-0.3, -0.25) is 0 Å². The minimum atomic E-state index is 0.500. The van der Waals surface area contributed by atoms with Crippen molar-refractivity contribution < 1.29 is 8.83 Å². The molecule has 3 nitrogen and oxygen atoms in total. The first-order valence-corrected chi connectivity index (χ1v) is 7.31. The number of nitrogens with zero attached hydrogens (tertiary/aromatic N) is 1. The summed E-state index contributed by atoms with van der Waals surface area (Å²) in [7, 11) is 0. The molecule has 0 aliphatic carbocycles. The van der Waals surface area contributed by atoms with Gasteiger partial charge in [0.25, 0.3) is 5.89 Å². The second-order valence-corrected chi connectivity index (χ2v) is 5.57. The fourth-order valence-corrected chi connectivity index (χ4v) is 2.46. The first-order chi connectivity index (χ1) is 10.3. The summed E-state index contributed by atoms with van der Waals surface area (Å²) in [6.07, 6.45) is 0. The second kappa shape index (κ2) is 4.90. The zero-order valence-electron chi connectivity index (χ0n) is 10.9. The third-order valence-electron chi connectivity index (χ3n) is 3.24. The first kappa shape index (κ1) is 12.4. The average molecular weight is 340 g/mol. The van der Waals surface area contributed by atoms with Crippen LogP contribution in [0.4, 0.5) is 0 Å². The van der Waals surface area contributed by atoms with Crippen LogP contribution in [-0.2, 0) is 0 Å². The zero-order valence-corrected chi connectivity index (χ0v) is 12.5. The quantitative estimate of drug-likeness (QED) is 0.482. The molecule has 2 aromatic carbocycles. The highest BCUT2D eigenvalue weighted by Gasteiger charge is 2.12. The van der Waals surface area contributed by atoms with E-state index in [1.165, 1.54) is 0 Å². The van der Waals surface area contributed by atoms with Gasteiger partial charge in [-0.1, -0.05) is 40.2 Å². The van der Waals surface area contributed by atoms with Gasteiger partial charge in [-0.15, -0.1) is 0 Å². The number of oxazole rings is 1. The summed E-state index contributed by atoms with van der Waals surface area (Å²) < 4.78 is 12.6. The summed E-state index contributed by atoms with van der Waals surface area (Å²) in [6, 6.07) is 19.4. The lowest BCUT2D eigenvalue weighted by Gasteiger charge is -1.96. The van der Waals surface area contributed by atoms with Crippen LogP contribution in [0.15, 0.2) is 74.0 Å². The Hall–Kier alpha value is -2.33. The Morgan fingerprint density at radius 1 is 0.762 bits per heavy atom. The van der Waals surface area contributed by atoms with Gasteiger partial charge >= 0.3 is 0 Å². The topological polar surface area (TPSA) is 39.2 Å². The number of benzene rings is 2. The monoisotopic (exact) mass is 339 g/mol. The molecule has 0 unspecified atom stereocenters. The van der Waals surface area contributed by atoms with Crippen molar-refractivity contribution >= 4 is 27.0 Å². The van der Waals surface area contributed by atoms with Crippen molar-refractivity contribution in [3.05, 3.63) is 65.1 Å². The molecule has 0 aliphatic heterocycles. The van der Waals surface area contributed by atoms with Crippen LogP contribution in [0.25, 0.3) is 34.1 Å². The van der Waals surface area contributed by atoms with Crippen LogP contribution in [0.3, 0.4) is 0 Å². The number of fused-ring (bicyclic) bond motifs is 1. The lowest BCUT2D eigenvalue weighted by atomic mass is 10.2. The smallest absolute Gasteiger partial charge is 0.263 e. The van der Waals surface area contributed by atoms with Crippen LogP contribution in [0.5, 0.6) is 0 Å². The Bertz CT molecular complexity index is 873. The normalized spacial score (nSPS) is 11.1. The minimum absolute atomic E-state index is 0.500. The van der Waals surface area contributed by atoms with E-state index in [1.807, 2.05) is 60.7 Å². The summed E-state index contributed by atoms with van der Waals surface area (Å²) in [6.45, 7) is 0. The van der Waals surface area contributed by atoms with Crippen molar-refractivity contribution in [1.82, 2.24) is 4.98 Å². The molecule has 0 amide bonds. The number of hydrogen-bond donors (Lipinski definition) is 0. The maximum absolute atomic E-state index is 5.85. The third-order valence-corrected chi connectivity index (χ3v) is 3.77. The van der Waals surface area contributed by atoms with Crippen LogP contribution in [-0.4, -0.2) is 4.98 Å². The SMILES string of the molecule is Brc1ccc(-c2ccc(-c3nc4ccccc4o3)o2)cc1. The third kappa shape index (κ3) is 2.28. The van der Waals surface area contributed by atoms with E-state index in [4.69, 9.17) is 8.83 Å². The zero-order chi connectivity index (χ0) is 14.2. The summed E-state index contributed by atoms with van der Waals surface area (Å²) >= 11 is 3.42. The molecule has 4 heteroatoms. The molecule has 0 bridgehead atoms. The molecule has 0 radical (unpaired) electrons. The molecule has 4 aromatic rings. The van der Waals surface area contributed by atoms with Crippen molar-refractivity contribution in [1.29, 1.82) is 0 Å². The van der Waals surface area contributed by atoms with E-state index < -0.39 is 0 Å². The van der Waals surface area contributed by atoms with Crippen molar-refractivity contribution in [2.75, 3.05) is 0 Å². The fourth-order valence-electron chi connectivity index (χ4n) is 2.20. The molecule has 0 N–H and O–H groups in total. The van der Waals surface area contributed by atoms with Gasteiger partial charge in [0.1, 0.15) is 11.3 Å². The number of para-hydroxylation sites is 2. The van der Waals surface area contributed by atoms with E-state index >= 15 is 0 Å². The molecular weight excluding hydrogens is 330 g/mol. The van der Waals surface area contributed by atoms with Crippen molar-refractivity contribution in [2.24, 2.45) is 0 Å². The van der Waals surface area contributed by atoms with E-state index in [-0.39, 0.29) is 0 Å². The largest absolute Gasteiger partial charge is 0.451 e. The van der Waals surface area contributed by atoms with Crippen molar-refractivity contribution in [2.45, 2.75) is 0 Å². The molecule has 2 heterocycles. The number of rotatable bonds is 2. The lowest BCUT2D eigenvalue weighted by Crippen LogP contribution is -1.73. The molecule has 0 spiro atoms. The van der Waals surface area contributed by atoms with Crippen molar-refractivity contribution in [3.63, 3.8) is 0 Å². The van der Waals surface area contributed by atoms with Gasteiger partial charge in [0, 0.05) is 10.0 Å². The highest BCUT2D eigenvalue weighted by molar-refractivity contribution is 9.10. The van der Waals surface area contributed by atoms with Crippen LogP contribution < -0.4 is 0 Å². The highest BCUT2D eigenvalue weighted by Crippen LogP contribution is 2.30. The van der Waals surface area contributed by atoms with Gasteiger partial charge < -0.3 is 8.83 Å². The molecule has 0 aliphatic rings. The fraction of sp³-hybridized carbons (Fsp3) is 0. The number of furan rings is 1. The van der Waals surface area contributed by atoms with Gasteiger partial charge in [-0.25, -0.2) is 4.98 Å². The standard InChI is InChI=1S/C17H10BrNO2/c18-12-7-5-11(6-8-12)14-9-10-16(20-14)17-19-13-3-1-2-4-15(13)21-17/h1-10H. The predicted molar refractivity (Wildman–Crippen MR) is 84.8 cm³/mol. The predicted octanol–water partition coefficient (Wildman–Crippen LogP) is 5.52. The lowest BCUT2D eigenvalue weighted by molar-refractivity contribution is 0.543. The van der Waals surface area contributed by atoms with E-state index in [9.17, 15) is 0 Å². The molecule has 102 valence electrons. The molecule has 21 heavy (non-hydrogen) atoms. The van der Waals surface area contributed by atoms with Crippen molar-refractivity contribution in [3.8, 4) is 23.0 Å². The molecule has 0 saturated carbocycles. The Labute approximate surface area is 129 Å².